The molecule has 0 spiro atoms. The predicted octanol–water partition coefficient (Wildman–Crippen LogP) is 1.84. The summed E-state index contributed by atoms with van der Waals surface area (Å²) >= 11 is 0. The zero-order valence-corrected chi connectivity index (χ0v) is 12.5. The Morgan fingerprint density at radius 3 is 2.33 bits per heavy atom. The summed E-state index contributed by atoms with van der Waals surface area (Å²) in [6, 6.07) is 0. The highest BCUT2D eigenvalue weighted by molar-refractivity contribution is 7.89. The molecule has 0 saturated heterocycles. The molecule has 0 aromatic rings. The number of hydrogen-bond donors (Lipinski definition) is 2. The van der Waals surface area contributed by atoms with E-state index in [-0.39, 0.29) is 23.5 Å². The van der Waals surface area contributed by atoms with Gasteiger partial charge in [0.15, 0.2) is 0 Å². The van der Waals surface area contributed by atoms with Crippen LogP contribution in [0, 0.1) is 11.3 Å². The summed E-state index contributed by atoms with van der Waals surface area (Å²) in [6.45, 7) is 8.14. The maximum Gasteiger partial charge on any atom is 0.303 e. The van der Waals surface area contributed by atoms with Gasteiger partial charge in [-0.3, -0.25) is 4.79 Å². The fourth-order valence-corrected chi connectivity index (χ4v) is 2.82. The molecule has 0 amide bonds. The highest BCUT2D eigenvalue weighted by atomic mass is 32.2. The van der Waals surface area contributed by atoms with E-state index in [2.05, 4.69) is 4.72 Å². The minimum Gasteiger partial charge on any atom is -0.481 e. The van der Waals surface area contributed by atoms with Crippen LogP contribution in [0.4, 0.5) is 0 Å². The van der Waals surface area contributed by atoms with Crippen LogP contribution in [0.25, 0.3) is 0 Å². The summed E-state index contributed by atoms with van der Waals surface area (Å²) in [4.78, 5) is 10.4. The average Bonchev–Trinajstić information content (AvgIpc) is 2.20. The molecule has 108 valence electrons. The molecule has 2 N–H and O–H groups in total. The Bertz CT molecular complexity index is 357. The minimum atomic E-state index is -3.25. The second-order valence-corrected chi connectivity index (χ2v) is 7.94. The molecule has 5 nitrogen and oxygen atoms in total. The summed E-state index contributed by atoms with van der Waals surface area (Å²) in [5.74, 6) is -0.703. The number of carboxylic acids is 1. The summed E-state index contributed by atoms with van der Waals surface area (Å²) in [5.41, 5.74) is -0.0102. The van der Waals surface area contributed by atoms with E-state index in [1.54, 1.807) is 0 Å². The zero-order valence-electron chi connectivity index (χ0n) is 11.7. The van der Waals surface area contributed by atoms with Crippen LogP contribution in [0.15, 0.2) is 0 Å². The number of nitrogens with one attached hydrogen (secondary N) is 1. The van der Waals surface area contributed by atoms with E-state index >= 15 is 0 Å². The van der Waals surface area contributed by atoms with E-state index in [0.29, 0.717) is 19.4 Å². The first-order valence-electron chi connectivity index (χ1n) is 6.21. The van der Waals surface area contributed by atoms with Gasteiger partial charge in [0.25, 0.3) is 0 Å². The van der Waals surface area contributed by atoms with Crippen LogP contribution in [-0.4, -0.2) is 31.8 Å². The second kappa shape index (κ2) is 7.09. The van der Waals surface area contributed by atoms with Crippen LogP contribution >= 0.6 is 0 Å². The maximum atomic E-state index is 11.7. The topological polar surface area (TPSA) is 83.5 Å². The molecule has 6 heteroatoms. The Morgan fingerprint density at radius 1 is 1.33 bits per heavy atom. The Hall–Kier alpha value is -0.620. The number of rotatable bonds is 8. The maximum absolute atomic E-state index is 11.7. The molecule has 0 aliphatic heterocycles. The lowest BCUT2D eigenvalue weighted by Gasteiger charge is -2.18. The highest BCUT2D eigenvalue weighted by Crippen LogP contribution is 2.19. The molecule has 0 rings (SSSR count). The molecule has 1 atom stereocenters. The molecule has 1 unspecified atom stereocenters. The number of carbonyl (C=O) groups is 1. The van der Waals surface area contributed by atoms with Gasteiger partial charge >= 0.3 is 5.97 Å². The van der Waals surface area contributed by atoms with Gasteiger partial charge < -0.3 is 5.11 Å². The van der Waals surface area contributed by atoms with Crippen LogP contribution in [0.5, 0.6) is 0 Å². The highest BCUT2D eigenvalue weighted by Gasteiger charge is 2.17. The van der Waals surface area contributed by atoms with E-state index in [0.717, 1.165) is 0 Å². The van der Waals surface area contributed by atoms with Gasteiger partial charge in [-0.15, -0.1) is 0 Å². The number of carboxylic acid groups (broad SMARTS) is 1. The molecule has 18 heavy (non-hydrogen) atoms. The zero-order chi connectivity index (χ0) is 14.4. The van der Waals surface area contributed by atoms with E-state index in [4.69, 9.17) is 5.11 Å². The van der Waals surface area contributed by atoms with Gasteiger partial charge in [-0.05, 0) is 24.2 Å². The Kier molecular flexibility index (Phi) is 6.84. The summed E-state index contributed by atoms with van der Waals surface area (Å²) < 4.78 is 25.9. The van der Waals surface area contributed by atoms with Gasteiger partial charge in [-0.2, -0.15) is 0 Å². The lowest BCUT2D eigenvalue weighted by Crippen LogP contribution is -2.32. The Morgan fingerprint density at radius 2 is 1.89 bits per heavy atom. The average molecular weight is 279 g/mol. The van der Waals surface area contributed by atoms with Crippen molar-refractivity contribution < 1.29 is 18.3 Å². The van der Waals surface area contributed by atoms with E-state index < -0.39 is 16.0 Å². The molecular weight excluding hydrogens is 254 g/mol. The summed E-state index contributed by atoms with van der Waals surface area (Å²) in [7, 11) is -3.25. The Balaban J connectivity index is 4.00. The first-order valence-corrected chi connectivity index (χ1v) is 7.86. The van der Waals surface area contributed by atoms with Crippen LogP contribution in [0.2, 0.25) is 0 Å². The van der Waals surface area contributed by atoms with Gasteiger partial charge in [0, 0.05) is 13.0 Å². The van der Waals surface area contributed by atoms with Crippen LogP contribution < -0.4 is 4.72 Å². The third-order valence-corrected chi connectivity index (χ3v) is 3.97. The fourth-order valence-electron chi connectivity index (χ4n) is 1.25. The van der Waals surface area contributed by atoms with Gasteiger partial charge in [-0.1, -0.05) is 27.7 Å². The standard InChI is InChI=1S/C12H25NO4S/c1-10(5-6-11(14)15)9-13-18(16,17)8-7-12(2,3)4/h10,13H,5-9H2,1-4H3,(H,14,15). The van der Waals surface area contributed by atoms with Crippen molar-refractivity contribution in [1.29, 1.82) is 0 Å². The summed E-state index contributed by atoms with van der Waals surface area (Å²) in [5, 5.41) is 8.53. The molecular formula is C12H25NO4S. The van der Waals surface area contributed by atoms with Gasteiger partial charge in [0.2, 0.25) is 10.0 Å². The molecule has 0 aromatic carbocycles. The van der Waals surface area contributed by atoms with Crippen molar-refractivity contribution in [2.75, 3.05) is 12.3 Å². The van der Waals surface area contributed by atoms with Crippen LogP contribution in [-0.2, 0) is 14.8 Å². The van der Waals surface area contributed by atoms with Crippen molar-refractivity contribution in [3.8, 4) is 0 Å². The third kappa shape index (κ3) is 10.5. The third-order valence-electron chi connectivity index (χ3n) is 2.62. The van der Waals surface area contributed by atoms with Crippen LogP contribution in [0.1, 0.15) is 47.0 Å². The van der Waals surface area contributed by atoms with Crippen molar-refractivity contribution in [1.82, 2.24) is 4.72 Å². The van der Waals surface area contributed by atoms with Crippen molar-refractivity contribution in [2.45, 2.75) is 47.0 Å². The first-order chi connectivity index (χ1) is 8.02. The van der Waals surface area contributed by atoms with Gasteiger partial charge in [0.1, 0.15) is 0 Å². The molecule has 0 heterocycles. The molecule has 0 bridgehead atoms. The molecule has 0 aliphatic rings. The van der Waals surface area contributed by atoms with Crippen molar-refractivity contribution in [2.24, 2.45) is 11.3 Å². The van der Waals surface area contributed by atoms with E-state index in [9.17, 15) is 13.2 Å². The lowest BCUT2D eigenvalue weighted by molar-refractivity contribution is -0.137. The van der Waals surface area contributed by atoms with Gasteiger partial charge in [-0.25, -0.2) is 13.1 Å². The van der Waals surface area contributed by atoms with Gasteiger partial charge in [0.05, 0.1) is 5.75 Å². The van der Waals surface area contributed by atoms with Crippen molar-refractivity contribution >= 4 is 16.0 Å². The SMILES string of the molecule is CC(CCC(=O)O)CNS(=O)(=O)CCC(C)(C)C. The quantitative estimate of drug-likeness (QED) is 0.710. The van der Waals surface area contributed by atoms with Crippen LogP contribution in [0.3, 0.4) is 0 Å². The van der Waals surface area contributed by atoms with Crippen molar-refractivity contribution in [3.05, 3.63) is 0 Å². The molecule has 0 saturated carbocycles. The smallest absolute Gasteiger partial charge is 0.303 e. The monoisotopic (exact) mass is 279 g/mol. The van der Waals surface area contributed by atoms with Crippen molar-refractivity contribution in [3.63, 3.8) is 0 Å². The molecule has 0 aliphatic carbocycles. The predicted molar refractivity (Wildman–Crippen MR) is 71.9 cm³/mol. The number of hydrogen-bond acceptors (Lipinski definition) is 3. The van der Waals surface area contributed by atoms with E-state index in [1.165, 1.54) is 0 Å². The normalized spacial score (nSPS) is 14.4. The molecule has 0 aromatic heterocycles. The number of aliphatic carboxylic acids is 1. The first kappa shape index (κ1) is 17.4. The Labute approximate surface area is 110 Å². The fraction of sp³-hybridized carbons (Fsp3) is 0.917. The minimum absolute atomic E-state index is 0.0102. The van der Waals surface area contributed by atoms with E-state index in [1.807, 2.05) is 27.7 Å². The second-order valence-electron chi connectivity index (χ2n) is 6.02. The molecule has 0 radical (unpaired) electrons. The molecule has 0 fully saturated rings. The lowest BCUT2D eigenvalue weighted by atomic mass is 9.94. The number of sulfonamides is 1. The largest absolute Gasteiger partial charge is 0.481 e. The summed E-state index contributed by atoms with van der Waals surface area (Å²) in [6.07, 6.45) is 1.16.